The third kappa shape index (κ3) is 3.21. The number of rotatable bonds is 6. The van der Waals surface area contributed by atoms with E-state index in [0.717, 1.165) is 18.5 Å². The summed E-state index contributed by atoms with van der Waals surface area (Å²) in [6, 6.07) is 2.15. The lowest BCUT2D eigenvalue weighted by Gasteiger charge is -2.37. The molecule has 0 amide bonds. The van der Waals surface area contributed by atoms with Gasteiger partial charge in [0.2, 0.25) is 0 Å². The molecule has 16 heavy (non-hydrogen) atoms. The van der Waals surface area contributed by atoms with Gasteiger partial charge in [0.15, 0.2) is 0 Å². The molecular formula is C14H30N2. The van der Waals surface area contributed by atoms with Crippen LogP contribution in [0.5, 0.6) is 0 Å². The maximum Gasteiger partial charge on any atom is 0.0224 e. The van der Waals surface area contributed by atoms with Crippen LogP contribution in [0.2, 0.25) is 0 Å². The summed E-state index contributed by atoms with van der Waals surface area (Å²) in [5.74, 6) is 0.795. The molecule has 0 saturated carbocycles. The van der Waals surface area contributed by atoms with Crippen LogP contribution in [0.15, 0.2) is 0 Å². The fourth-order valence-electron chi connectivity index (χ4n) is 3.19. The van der Waals surface area contributed by atoms with Gasteiger partial charge in [-0.15, -0.1) is 0 Å². The minimum Gasteiger partial charge on any atom is -0.313 e. The first-order valence-corrected chi connectivity index (χ1v) is 7.10. The minimum atomic E-state index is 0.657. The van der Waals surface area contributed by atoms with Crippen LogP contribution in [0.3, 0.4) is 0 Å². The molecule has 1 aliphatic heterocycles. The van der Waals surface area contributed by atoms with E-state index in [4.69, 9.17) is 0 Å². The number of nitrogens with zero attached hydrogens (tertiary/aromatic N) is 1. The lowest BCUT2D eigenvalue weighted by Crippen LogP contribution is -2.51. The van der Waals surface area contributed by atoms with E-state index in [2.05, 4.69) is 44.8 Å². The Labute approximate surface area is 102 Å². The van der Waals surface area contributed by atoms with E-state index in [1.54, 1.807) is 0 Å². The predicted octanol–water partition coefficient (Wildman–Crippen LogP) is 2.88. The number of hydrogen-bond donors (Lipinski definition) is 1. The third-order valence-electron chi connectivity index (χ3n) is 4.12. The second-order valence-corrected chi connectivity index (χ2v) is 5.50. The van der Waals surface area contributed by atoms with Gasteiger partial charge >= 0.3 is 0 Å². The van der Waals surface area contributed by atoms with Crippen molar-refractivity contribution in [2.45, 2.75) is 72.0 Å². The van der Waals surface area contributed by atoms with E-state index < -0.39 is 0 Å². The zero-order valence-electron chi connectivity index (χ0n) is 11.8. The van der Waals surface area contributed by atoms with E-state index in [-0.39, 0.29) is 0 Å². The molecule has 1 aliphatic rings. The molecule has 2 heteroatoms. The highest BCUT2D eigenvalue weighted by atomic mass is 15.2. The number of likely N-dealkylation sites (N-methyl/N-ethyl adjacent to an activating group) is 1. The number of nitrogens with one attached hydrogen (secondary N) is 1. The van der Waals surface area contributed by atoms with Crippen molar-refractivity contribution in [3.8, 4) is 0 Å². The van der Waals surface area contributed by atoms with E-state index in [1.807, 2.05) is 0 Å². The van der Waals surface area contributed by atoms with Crippen LogP contribution < -0.4 is 5.32 Å². The molecule has 0 bridgehead atoms. The molecule has 3 atom stereocenters. The highest BCUT2D eigenvalue weighted by Gasteiger charge is 2.33. The third-order valence-corrected chi connectivity index (χ3v) is 4.12. The standard InChI is InChI=1S/C14H30N2/c1-6-13(15-7-2)12(5)16-10-8-9-14(16)11(3)4/h11-15H,6-10H2,1-5H3. The van der Waals surface area contributed by atoms with Crippen molar-refractivity contribution >= 4 is 0 Å². The van der Waals surface area contributed by atoms with Crippen molar-refractivity contribution in [2.24, 2.45) is 5.92 Å². The zero-order valence-corrected chi connectivity index (χ0v) is 11.8. The average molecular weight is 226 g/mol. The summed E-state index contributed by atoms with van der Waals surface area (Å²) < 4.78 is 0. The zero-order chi connectivity index (χ0) is 12.1. The molecule has 0 aromatic rings. The second kappa shape index (κ2) is 6.61. The van der Waals surface area contributed by atoms with Gasteiger partial charge in [0.1, 0.15) is 0 Å². The van der Waals surface area contributed by atoms with Crippen molar-refractivity contribution in [1.82, 2.24) is 10.2 Å². The fraction of sp³-hybridized carbons (Fsp3) is 1.00. The normalized spacial score (nSPS) is 26.2. The van der Waals surface area contributed by atoms with Gasteiger partial charge < -0.3 is 5.32 Å². The monoisotopic (exact) mass is 226 g/mol. The van der Waals surface area contributed by atoms with E-state index in [1.165, 1.54) is 25.8 Å². The van der Waals surface area contributed by atoms with Gasteiger partial charge in [-0.1, -0.05) is 27.7 Å². The molecule has 3 unspecified atom stereocenters. The first-order chi connectivity index (χ1) is 7.61. The van der Waals surface area contributed by atoms with Crippen LogP contribution in [-0.4, -0.2) is 36.1 Å². The molecule has 1 fully saturated rings. The Morgan fingerprint density at radius 3 is 2.44 bits per heavy atom. The Kier molecular flexibility index (Phi) is 5.77. The maximum atomic E-state index is 3.63. The predicted molar refractivity (Wildman–Crippen MR) is 71.8 cm³/mol. The largest absolute Gasteiger partial charge is 0.313 e. The van der Waals surface area contributed by atoms with Gasteiger partial charge in [0.05, 0.1) is 0 Å². The molecule has 0 radical (unpaired) electrons. The van der Waals surface area contributed by atoms with Gasteiger partial charge in [-0.25, -0.2) is 0 Å². The summed E-state index contributed by atoms with van der Waals surface area (Å²) in [7, 11) is 0. The second-order valence-electron chi connectivity index (χ2n) is 5.50. The highest BCUT2D eigenvalue weighted by molar-refractivity contribution is 4.89. The van der Waals surface area contributed by atoms with Crippen LogP contribution >= 0.6 is 0 Å². The van der Waals surface area contributed by atoms with Crippen LogP contribution in [-0.2, 0) is 0 Å². The van der Waals surface area contributed by atoms with Crippen molar-refractivity contribution in [3.63, 3.8) is 0 Å². The summed E-state index contributed by atoms with van der Waals surface area (Å²) in [4.78, 5) is 2.74. The van der Waals surface area contributed by atoms with Crippen LogP contribution in [0.1, 0.15) is 53.9 Å². The first kappa shape index (κ1) is 14.0. The number of hydrogen-bond acceptors (Lipinski definition) is 2. The molecular weight excluding hydrogens is 196 g/mol. The van der Waals surface area contributed by atoms with Crippen molar-refractivity contribution < 1.29 is 0 Å². The fourth-order valence-corrected chi connectivity index (χ4v) is 3.19. The summed E-state index contributed by atoms with van der Waals surface area (Å²) in [5.41, 5.74) is 0. The van der Waals surface area contributed by atoms with Gasteiger partial charge in [-0.05, 0) is 45.2 Å². The molecule has 1 heterocycles. The highest BCUT2D eigenvalue weighted by Crippen LogP contribution is 2.27. The lowest BCUT2D eigenvalue weighted by molar-refractivity contribution is 0.125. The van der Waals surface area contributed by atoms with Gasteiger partial charge in [0, 0.05) is 18.1 Å². The molecule has 96 valence electrons. The van der Waals surface area contributed by atoms with Crippen LogP contribution in [0, 0.1) is 5.92 Å². The van der Waals surface area contributed by atoms with E-state index in [0.29, 0.717) is 12.1 Å². The summed E-state index contributed by atoms with van der Waals surface area (Å²) in [5, 5.41) is 3.63. The van der Waals surface area contributed by atoms with Crippen molar-refractivity contribution in [1.29, 1.82) is 0 Å². The quantitative estimate of drug-likeness (QED) is 0.749. The molecule has 0 aromatic heterocycles. The van der Waals surface area contributed by atoms with Crippen LogP contribution in [0.4, 0.5) is 0 Å². The van der Waals surface area contributed by atoms with E-state index in [9.17, 15) is 0 Å². The van der Waals surface area contributed by atoms with Gasteiger partial charge in [-0.2, -0.15) is 0 Å². The summed E-state index contributed by atoms with van der Waals surface area (Å²) in [6.07, 6.45) is 4.01. The molecule has 0 spiro atoms. The molecule has 1 saturated heterocycles. The van der Waals surface area contributed by atoms with Gasteiger partial charge in [-0.3, -0.25) is 4.90 Å². The SMILES string of the molecule is CCNC(CC)C(C)N1CCCC1C(C)C. The molecule has 0 aromatic carbocycles. The topological polar surface area (TPSA) is 15.3 Å². The molecule has 0 aliphatic carbocycles. The van der Waals surface area contributed by atoms with Crippen molar-refractivity contribution in [3.05, 3.63) is 0 Å². The Hall–Kier alpha value is -0.0800. The summed E-state index contributed by atoms with van der Waals surface area (Å²) in [6.45, 7) is 14.0. The molecule has 1 N–H and O–H groups in total. The Bertz CT molecular complexity index is 191. The number of likely N-dealkylation sites (tertiary alicyclic amines) is 1. The van der Waals surface area contributed by atoms with Crippen molar-refractivity contribution in [2.75, 3.05) is 13.1 Å². The summed E-state index contributed by atoms with van der Waals surface area (Å²) >= 11 is 0. The van der Waals surface area contributed by atoms with Gasteiger partial charge in [0.25, 0.3) is 0 Å². The molecule has 2 nitrogen and oxygen atoms in total. The first-order valence-electron chi connectivity index (χ1n) is 7.10. The lowest BCUT2D eigenvalue weighted by atomic mass is 9.98. The Morgan fingerprint density at radius 1 is 1.25 bits per heavy atom. The Balaban J connectivity index is 2.59. The van der Waals surface area contributed by atoms with Crippen LogP contribution in [0.25, 0.3) is 0 Å². The smallest absolute Gasteiger partial charge is 0.0224 e. The van der Waals surface area contributed by atoms with E-state index >= 15 is 0 Å². The average Bonchev–Trinajstić information content (AvgIpc) is 2.73. The molecule has 1 rings (SSSR count). The Morgan fingerprint density at radius 2 is 1.94 bits per heavy atom. The maximum absolute atomic E-state index is 3.63. The minimum absolute atomic E-state index is 0.657.